The van der Waals surface area contributed by atoms with Crippen LogP contribution in [0.5, 0.6) is 0 Å². The number of hydrogen-bond acceptors (Lipinski definition) is 8. The number of alkyl halides is 3. The molecule has 7 nitrogen and oxygen atoms in total. The number of thioether (sulfide) groups is 1. The fraction of sp³-hybridized carbons (Fsp3) is 0.444. The first kappa shape index (κ1) is 28.8. The maximum absolute atomic E-state index is 15.0. The van der Waals surface area contributed by atoms with E-state index >= 15 is 4.39 Å². The highest BCUT2D eigenvalue weighted by Gasteiger charge is 2.45. The first-order valence-electron chi connectivity index (χ1n) is 12.8. The summed E-state index contributed by atoms with van der Waals surface area (Å²) in [4.78, 5) is 9.65. The largest absolute Gasteiger partial charge is 0.417 e. The number of benzene rings is 2. The summed E-state index contributed by atoms with van der Waals surface area (Å²) in [7, 11) is 0. The summed E-state index contributed by atoms with van der Waals surface area (Å²) in [5.74, 6) is -1.59. The second-order valence-corrected chi connectivity index (χ2v) is 10.7. The average molecular weight is 585 g/mol. The third kappa shape index (κ3) is 5.20. The van der Waals surface area contributed by atoms with Crippen molar-refractivity contribution >= 4 is 23.3 Å². The van der Waals surface area contributed by atoms with Gasteiger partial charge in [-0.1, -0.05) is 6.58 Å². The lowest BCUT2D eigenvalue weighted by atomic mass is 9.92. The minimum atomic E-state index is -4.87. The molecule has 13 heteroatoms. The SMILES string of the molecule is C=CC(O)N1CCN(C2=NC(O)N3c4c2cc(C(F)(F)F)c(-c2ccc(F)cc2F)c4SCC3COCC)CC1. The number of hydrogen-bond donors (Lipinski definition) is 2. The highest BCUT2D eigenvalue weighted by molar-refractivity contribution is 7.99. The Morgan fingerprint density at radius 2 is 1.90 bits per heavy atom. The number of aliphatic hydroxyl groups excluding tert-OH is 2. The Morgan fingerprint density at radius 1 is 1.18 bits per heavy atom. The summed E-state index contributed by atoms with van der Waals surface area (Å²) in [6.45, 7) is 7.44. The molecular formula is C27H29F5N4O3S. The van der Waals surface area contributed by atoms with Crippen LogP contribution in [0.15, 0.2) is 46.8 Å². The van der Waals surface area contributed by atoms with E-state index in [9.17, 15) is 27.8 Å². The van der Waals surface area contributed by atoms with Crippen molar-refractivity contribution in [2.24, 2.45) is 4.99 Å². The predicted octanol–water partition coefficient (Wildman–Crippen LogP) is 4.13. The van der Waals surface area contributed by atoms with Crippen LogP contribution in [0.1, 0.15) is 18.1 Å². The van der Waals surface area contributed by atoms with Gasteiger partial charge in [0.2, 0.25) is 6.35 Å². The summed E-state index contributed by atoms with van der Waals surface area (Å²) in [6, 6.07) is 3.02. The van der Waals surface area contributed by atoms with Crippen molar-refractivity contribution in [3.8, 4) is 11.1 Å². The van der Waals surface area contributed by atoms with Crippen molar-refractivity contribution in [2.45, 2.75) is 36.6 Å². The Hall–Kier alpha value is -2.71. The predicted molar refractivity (Wildman–Crippen MR) is 142 cm³/mol. The van der Waals surface area contributed by atoms with Gasteiger partial charge in [0, 0.05) is 66.2 Å². The maximum atomic E-state index is 15.0. The number of aliphatic hydroxyl groups is 2. The molecule has 216 valence electrons. The Bertz CT molecular complexity index is 1320. The first-order chi connectivity index (χ1) is 19.0. The number of amidine groups is 1. The van der Waals surface area contributed by atoms with Crippen LogP contribution in [0.3, 0.4) is 0 Å². The molecule has 3 aliphatic heterocycles. The summed E-state index contributed by atoms with van der Waals surface area (Å²) in [6.07, 6.45) is -5.76. The molecule has 5 rings (SSSR count). The molecule has 1 fully saturated rings. The van der Waals surface area contributed by atoms with Crippen molar-refractivity contribution in [1.82, 2.24) is 9.80 Å². The molecule has 0 spiro atoms. The zero-order valence-corrected chi connectivity index (χ0v) is 22.5. The monoisotopic (exact) mass is 584 g/mol. The van der Waals surface area contributed by atoms with Gasteiger partial charge in [0.25, 0.3) is 0 Å². The van der Waals surface area contributed by atoms with Gasteiger partial charge in [-0.05, 0) is 31.2 Å². The normalized spacial score (nSPS) is 22.1. The molecule has 0 saturated carbocycles. The Kier molecular flexibility index (Phi) is 8.13. The fourth-order valence-corrected chi connectivity index (χ4v) is 6.70. The summed E-state index contributed by atoms with van der Waals surface area (Å²) in [5, 5.41) is 21.4. The van der Waals surface area contributed by atoms with Gasteiger partial charge in [-0.15, -0.1) is 11.8 Å². The summed E-state index contributed by atoms with van der Waals surface area (Å²) < 4.78 is 78.2. The molecule has 3 heterocycles. The van der Waals surface area contributed by atoms with Gasteiger partial charge >= 0.3 is 6.18 Å². The van der Waals surface area contributed by atoms with Crippen LogP contribution in [-0.2, 0) is 10.9 Å². The van der Waals surface area contributed by atoms with Gasteiger partial charge in [-0.3, -0.25) is 4.90 Å². The smallest absolute Gasteiger partial charge is 0.380 e. The van der Waals surface area contributed by atoms with E-state index in [1.807, 2.05) is 6.92 Å². The van der Waals surface area contributed by atoms with E-state index in [2.05, 4.69) is 11.6 Å². The lowest BCUT2D eigenvalue weighted by Gasteiger charge is -2.46. The van der Waals surface area contributed by atoms with Crippen LogP contribution in [0.25, 0.3) is 11.1 Å². The molecule has 0 aliphatic carbocycles. The molecule has 0 aromatic heterocycles. The van der Waals surface area contributed by atoms with E-state index in [-0.39, 0.29) is 34.2 Å². The molecule has 2 aromatic rings. The van der Waals surface area contributed by atoms with Crippen LogP contribution >= 0.6 is 11.8 Å². The number of anilines is 1. The van der Waals surface area contributed by atoms with Crippen molar-refractivity contribution in [2.75, 3.05) is 50.0 Å². The fourth-order valence-electron chi connectivity index (χ4n) is 5.37. The highest BCUT2D eigenvalue weighted by atomic mass is 32.2. The average Bonchev–Trinajstić information content (AvgIpc) is 2.93. The van der Waals surface area contributed by atoms with Crippen molar-refractivity contribution in [1.29, 1.82) is 0 Å². The van der Waals surface area contributed by atoms with Crippen molar-refractivity contribution in [3.63, 3.8) is 0 Å². The molecule has 40 heavy (non-hydrogen) atoms. The van der Waals surface area contributed by atoms with E-state index in [1.54, 1.807) is 9.80 Å². The van der Waals surface area contributed by atoms with E-state index in [0.29, 0.717) is 44.5 Å². The van der Waals surface area contributed by atoms with Crippen LogP contribution in [-0.4, -0.2) is 89.6 Å². The first-order valence-corrected chi connectivity index (χ1v) is 13.8. The Labute approximate surface area is 232 Å². The quantitative estimate of drug-likeness (QED) is 0.391. The molecule has 3 atom stereocenters. The lowest BCUT2D eigenvalue weighted by Crippen LogP contribution is -2.56. The number of aliphatic imine (C=N–C) groups is 1. The number of nitrogens with zero attached hydrogens (tertiary/aromatic N) is 4. The van der Waals surface area contributed by atoms with Crippen LogP contribution in [0.4, 0.5) is 27.6 Å². The van der Waals surface area contributed by atoms with E-state index in [4.69, 9.17) is 4.74 Å². The molecular weight excluding hydrogens is 555 g/mol. The van der Waals surface area contributed by atoms with Gasteiger partial charge < -0.3 is 24.7 Å². The van der Waals surface area contributed by atoms with E-state index in [1.165, 1.54) is 11.0 Å². The molecule has 0 amide bonds. The molecule has 2 N–H and O–H groups in total. The second kappa shape index (κ2) is 11.3. The minimum Gasteiger partial charge on any atom is -0.380 e. The highest BCUT2D eigenvalue weighted by Crippen LogP contribution is 2.53. The van der Waals surface area contributed by atoms with Crippen LogP contribution in [0, 0.1) is 11.6 Å². The number of rotatable bonds is 6. The standard InChI is InChI=1S/C27H29F5N4O3S/c1-3-21(37)34-7-9-35(10-8-34)25-18-12-19(27(30,31)32)22(17-6-5-15(28)11-20(17)29)24-23(18)36(26(38)33-25)16(14-40-24)13-39-4-2/h3,5-6,11-12,16,21,26,37-38H,1,4,7-10,13-14H2,2H3. The van der Waals surface area contributed by atoms with Gasteiger partial charge in [0.15, 0.2) is 0 Å². The molecule has 2 aromatic carbocycles. The number of piperazine rings is 1. The van der Waals surface area contributed by atoms with Gasteiger partial charge in [0.1, 0.15) is 23.7 Å². The zero-order valence-electron chi connectivity index (χ0n) is 21.7. The molecule has 3 aliphatic rings. The summed E-state index contributed by atoms with van der Waals surface area (Å²) >= 11 is 1.12. The van der Waals surface area contributed by atoms with Gasteiger partial charge in [0.05, 0.1) is 23.9 Å². The van der Waals surface area contributed by atoms with Crippen LogP contribution < -0.4 is 4.90 Å². The second-order valence-electron chi connectivity index (χ2n) is 9.65. The third-order valence-electron chi connectivity index (χ3n) is 7.27. The lowest BCUT2D eigenvalue weighted by molar-refractivity contribution is -0.137. The van der Waals surface area contributed by atoms with Crippen molar-refractivity contribution < 1.29 is 36.9 Å². The van der Waals surface area contributed by atoms with E-state index in [0.717, 1.165) is 30.0 Å². The molecule has 0 radical (unpaired) electrons. The maximum Gasteiger partial charge on any atom is 0.417 e. The molecule has 0 bridgehead atoms. The van der Waals surface area contributed by atoms with Gasteiger partial charge in [-0.2, -0.15) is 13.2 Å². The topological polar surface area (TPSA) is 71.8 Å². The number of ether oxygens (including phenoxy) is 1. The molecule has 3 unspecified atom stereocenters. The summed E-state index contributed by atoms with van der Waals surface area (Å²) in [5.41, 5.74) is -1.40. The number of halogens is 5. The Morgan fingerprint density at radius 3 is 2.52 bits per heavy atom. The van der Waals surface area contributed by atoms with Crippen LogP contribution in [0.2, 0.25) is 0 Å². The van der Waals surface area contributed by atoms with Crippen molar-refractivity contribution in [3.05, 3.63) is 59.7 Å². The zero-order chi connectivity index (χ0) is 28.8. The third-order valence-corrected chi connectivity index (χ3v) is 8.51. The molecule has 1 saturated heterocycles. The minimum absolute atomic E-state index is 0.134. The Balaban J connectivity index is 1.70. The van der Waals surface area contributed by atoms with Gasteiger partial charge in [-0.25, -0.2) is 13.8 Å². The van der Waals surface area contributed by atoms with E-state index < -0.39 is 47.6 Å².